The van der Waals surface area contributed by atoms with Gasteiger partial charge >= 0.3 is 0 Å². The lowest BCUT2D eigenvalue weighted by Crippen LogP contribution is -2.42. The monoisotopic (exact) mass is 231 g/mol. The van der Waals surface area contributed by atoms with Crippen molar-refractivity contribution < 1.29 is 4.74 Å². The fraction of sp³-hybridized carbons (Fsp3) is 0.900. The summed E-state index contributed by atoms with van der Waals surface area (Å²) in [5.74, 6) is 3.05. The molecule has 0 aromatic carbocycles. The van der Waals surface area contributed by atoms with Gasteiger partial charge in [-0.25, -0.2) is 0 Å². The van der Waals surface area contributed by atoms with E-state index in [4.69, 9.17) is 10.5 Å². The molecule has 15 heavy (non-hydrogen) atoms. The molecule has 0 radical (unpaired) electrons. The second-order valence-electron chi connectivity index (χ2n) is 3.52. The molecule has 0 fully saturated rings. The number of methoxy groups -OCH3 is 1. The molecule has 4 nitrogen and oxygen atoms in total. The van der Waals surface area contributed by atoms with Crippen molar-refractivity contribution in [3.63, 3.8) is 0 Å². The average Bonchev–Trinajstić information content (AvgIpc) is 2.58. The maximum absolute atomic E-state index is 5.83. The summed E-state index contributed by atoms with van der Waals surface area (Å²) in [7, 11) is 1.71. The Labute approximate surface area is 96.2 Å². The highest BCUT2D eigenvalue weighted by molar-refractivity contribution is 7.99. The topological polar surface area (TPSA) is 50.8 Å². The summed E-state index contributed by atoms with van der Waals surface area (Å²) in [6, 6.07) is 0.485. The molecule has 5 heteroatoms. The molecule has 0 saturated carbocycles. The van der Waals surface area contributed by atoms with Crippen LogP contribution in [0, 0.1) is 0 Å². The summed E-state index contributed by atoms with van der Waals surface area (Å²) in [5.41, 5.74) is 5.83. The molecule has 1 aliphatic heterocycles. The third kappa shape index (κ3) is 3.91. The molecule has 1 rings (SSSR count). The van der Waals surface area contributed by atoms with E-state index >= 15 is 0 Å². The van der Waals surface area contributed by atoms with Crippen molar-refractivity contribution in [3.8, 4) is 0 Å². The van der Waals surface area contributed by atoms with Gasteiger partial charge in [-0.2, -0.15) is 11.8 Å². The zero-order chi connectivity index (χ0) is 11.1. The van der Waals surface area contributed by atoms with Crippen LogP contribution in [-0.4, -0.2) is 55.2 Å². The third-order valence-electron chi connectivity index (χ3n) is 2.53. The van der Waals surface area contributed by atoms with E-state index in [1.807, 2.05) is 11.8 Å². The van der Waals surface area contributed by atoms with Crippen LogP contribution >= 0.6 is 11.8 Å². The van der Waals surface area contributed by atoms with Gasteiger partial charge in [0.1, 0.15) is 0 Å². The van der Waals surface area contributed by atoms with Crippen molar-refractivity contribution in [2.75, 3.05) is 38.3 Å². The van der Waals surface area contributed by atoms with Crippen LogP contribution in [0.5, 0.6) is 0 Å². The fourth-order valence-electron chi connectivity index (χ4n) is 1.67. The number of nitrogens with zero attached hydrogens (tertiary/aromatic N) is 2. The molecule has 88 valence electrons. The molecule has 1 unspecified atom stereocenters. The third-order valence-corrected chi connectivity index (χ3v) is 3.47. The van der Waals surface area contributed by atoms with Crippen LogP contribution in [0.1, 0.15) is 13.3 Å². The minimum Gasteiger partial charge on any atom is -0.383 e. The lowest BCUT2D eigenvalue weighted by Gasteiger charge is -2.25. The molecule has 1 heterocycles. The predicted octanol–water partition coefficient (Wildman–Crippen LogP) is 0.775. The number of thioether (sulfide) groups is 1. The minimum absolute atomic E-state index is 0.485. The molecule has 1 aliphatic rings. The molecule has 1 atom stereocenters. The van der Waals surface area contributed by atoms with Crippen molar-refractivity contribution in [2.24, 2.45) is 10.7 Å². The highest BCUT2D eigenvalue weighted by Crippen LogP contribution is 2.14. The number of hydrogen-bond donors (Lipinski definition) is 1. The van der Waals surface area contributed by atoms with Crippen molar-refractivity contribution in [2.45, 2.75) is 19.4 Å². The van der Waals surface area contributed by atoms with Gasteiger partial charge in [0.05, 0.1) is 19.2 Å². The van der Waals surface area contributed by atoms with E-state index in [0.717, 1.165) is 19.5 Å². The predicted molar refractivity (Wildman–Crippen MR) is 66.5 cm³/mol. The van der Waals surface area contributed by atoms with Gasteiger partial charge in [-0.1, -0.05) is 6.92 Å². The first kappa shape index (κ1) is 12.6. The molecule has 0 amide bonds. The molecule has 0 bridgehead atoms. The number of guanidine groups is 1. The normalized spacial score (nSPS) is 20.8. The standard InChI is InChI=1S/C10H21N3OS/c1-3-15-7-4-9-8-12-10(11)13(9)5-6-14-2/h9H,3-8H2,1-2H3,(H2,11,12). The fourth-order valence-corrected chi connectivity index (χ4v) is 2.40. The van der Waals surface area contributed by atoms with Gasteiger partial charge in [0, 0.05) is 13.7 Å². The van der Waals surface area contributed by atoms with E-state index in [9.17, 15) is 0 Å². The molecule has 2 N–H and O–H groups in total. The molecular formula is C10H21N3OS. The van der Waals surface area contributed by atoms with E-state index < -0.39 is 0 Å². The molecular weight excluding hydrogens is 210 g/mol. The van der Waals surface area contributed by atoms with Crippen LogP contribution in [0.2, 0.25) is 0 Å². The minimum atomic E-state index is 0.485. The second-order valence-corrected chi connectivity index (χ2v) is 4.92. The average molecular weight is 231 g/mol. The number of hydrogen-bond acceptors (Lipinski definition) is 5. The first-order chi connectivity index (χ1) is 7.29. The second kappa shape index (κ2) is 6.95. The number of ether oxygens (including phenoxy) is 1. The summed E-state index contributed by atoms with van der Waals surface area (Å²) in [6.07, 6.45) is 1.16. The van der Waals surface area contributed by atoms with Gasteiger partial charge in [-0.05, 0) is 17.9 Å². The van der Waals surface area contributed by atoms with E-state index in [1.165, 1.54) is 11.5 Å². The Morgan fingerprint density at radius 3 is 3.13 bits per heavy atom. The van der Waals surface area contributed by atoms with E-state index in [0.29, 0.717) is 18.6 Å². The highest BCUT2D eigenvalue weighted by Gasteiger charge is 2.24. The number of nitrogens with two attached hydrogens (primary N) is 1. The summed E-state index contributed by atoms with van der Waals surface area (Å²) >= 11 is 1.97. The van der Waals surface area contributed by atoms with E-state index in [-0.39, 0.29) is 0 Å². The van der Waals surface area contributed by atoms with E-state index in [2.05, 4.69) is 16.8 Å². The Balaban J connectivity index is 2.30. The summed E-state index contributed by atoms with van der Waals surface area (Å²) < 4.78 is 5.07. The zero-order valence-corrected chi connectivity index (χ0v) is 10.4. The zero-order valence-electron chi connectivity index (χ0n) is 9.61. The first-order valence-electron chi connectivity index (χ1n) is 5.42. The van der Waals surface area contributed by atoms with Crippen LogP contribution in [0.3, 0.4) is 0 Å². The number of rotatable bonds is 7. The first-order valence-corrected chi connectivity index (χ1v) is 6.58. The van der Waals surface area contributed by atoms with Crippen LogP contribution in [0.4, 0.5) is 0 Å². The van der Waals surface area contributed by atoms with Gasteiger partial charge < -0.3 is 15.4 Å². The molecule has 0 aliphatic carbocycles. The lowest BCUT2D eigenvalue weighted by molar-refractivity contribution is 0.165. The summed E-state index contributed by atoms with van der Waals surface area (Å²) in [4.78, 5) is 6.45. The quantitative estimate of drug-likeness (QED) is 0.658. The van der Waals surface area contributed by atoms with Crippen molar-refractivity contribution in [1.82, 2.24) is 4.90 Å². The van der Waals surface area contributed by atoms with Crippen molar-refractivity contribution in [1.29, 1.82) is 0 Å². The van der Waals surface area contributed by atoms with Gasteiger partial charge in [0.15, 0.2) is 5.96 Å². The molecule has 0 aromatic heterocycles. The van der Waals surface area contributed by atoms with Crippen molar-refractivity contribution in [3.05, 3.63) is 0 Å². The Morgan fingerprint density at radius 1 is 1.67 bits per heavy atom. The summed E-state index contributed by atoms with van der Waals surface area (Å²) in [5, 5.41) is 0. The van der Waals surface area contributed by atoms with E-state index in [1.54, 1.807) is 7.11 Å². The molecule has 0 aromatic rings. The van der Waals surface area contributed by atoms with Crippen LogP contribution < -0.4 is 5.73 Å². The van der Waals surface area contributed by atoms with Gasteiger partial charge in [-0.15, -0.1) is 0 Å². The van der Waals surface area contributed by atoms with Crippen LogP contribution in [0.15, 0.2) is 4.99 Å². The Morgan fingerprint density at radius 2 is 2.47 bits per heavy atom. The van der Waals surface area contributed by atoms with Crippen LogP contribution in [0.25, 0.3) is 0 Å². The Bertz CT molecular complexity index is 211. The molecule has 0 saturated heterocycles. The number of aliphatic imine (C=N–C) groups is 1. The molecule has 0 spiro atoms. The van der Waals surface area contributed by atoms with Gasteiger partial charge in [0.2, 0.25) is 0 Å². The smallest absolute Gasteiger partial charge is 0.191 e. The van der Waals surface area contributed by atoms with Crippen LogP contribution in [-0.2, 0) is 4.74 Å². The highest BCUT2D eigenvalue weighted by atomic mass is 32.2. The maximum Gasteiger partial charge on any atom is 0.191 e. The van der Waals surface area contributed by atoms with Gasteiger partial charge in [0.25, 0.3) is 0 Å². The Hall–Kier alpha value is -0.420. The summed E-state index contributed by atoms with van der Waals surface area (Å²) in [6.45, 7) is 4.60. The largest absolute Gasteiger partial charge is 0.383 e. The van der Waals surface area contributed by atoms with Gasteiger partial charge in [-0.3, -0.25) is 4.99 Å². The SMILES string of the molecule is CCSCCC1CN=C(N)N1CCOC. The van der Waals surface area contributed by atoms with Crippen molar-refractivity contribution >= 4 is 17.7 Å². The Kier molecular flexibility index (Phi) is 5.86. The maximum atomic E-state index is 5.83. The lowest BCUT2D eigenvalue weighted by atomic mass is 10.2.